The molecule has 5 heteroatoms. The second-order valence-corrected chi connectivity index (χ2v) is 8.23. The summed E-state index contributed by atoms with van der Waals surface area (Å²) in [5, 5.41) is 0. The van der Waals surface area contributed by atoms with Gasteiger partial charge in [-0.1, -0.05) is 37.3 Å². The lowest BCUT2D eigenvalue weighted by molar-refractivity contribution is -0.144. The second kappa shape index (κ2) is 8.42. The molecule has 2 amide bonds. The van der Waals surface area contributed by atoms with Crippen LogP contribution in [0.3, 0.4) is 0 Å². The predicted molar refractivity (Wildman–Crippen MR) is 107 cm³/mol. The molecule has 148 valence electrons. The number of nitrogens with zero attached hydrogens (tertiary/aromatic N) is 3. The smallest absolute Gasteiger partial charge is 0.236 e. The van der Waals surface area contributed by atoms with Crippen molar-refractivity contribution in [2.75, 3.05) is 46.3 Å². The summed E-state index contributed by atoms with van der Waals surface area (Å²) in [5.74, 6) is 0.443. The van der Waals surface area contributed by atoms with E-state index in [4.69, 9.17) is 0 Å². The first-order chi connectivity index (χ1) is 13.0. The molecular weight excluding hydrogens is 338 g/mol. The van der Waals surface area contributed by atoms with Gasteiger partial charge in [0.25, 0.3) is 0 Å². The van der Waals surface area contributed by atoms with Gasteiger partial charge in [-0.15, -0.1) is 0 Å². The second-order valence-electron chi connectivity index (χ2n) is 8.23. The quantitative estimate of drug-likeness (QED) is 0.799. The zero-order chi connectivity index (χ0) is 19.4. The van der Waals surface area contributed by atoms with E-state index in [0.717, 1.165) is 57.5 Å². The molecule has 0 bridgehead atoms. The van der Waals surface area contributed by atoms with Gasteiger partial charge in [-0.05, 0) is 50.8 Å². The van der Waals surface area contributed by atoms with Crippen LogP contribution in [0.5, 0.6) is 0 Å². The molecule has 1 atom stereocenters. The first kappa shape index (κ1) is 19.9. The number of piperidine rings is 2. The number of carbonyl (C=O) groups is 2. The summed E-state index contributed by atoms with van der Waals surface area (Å²) in [5.41, 5.74) is 1.26. The highest BCUT2D eigenvalue weighted by molar-refractivity contribution is 5.85. The molecule has 2 heterocycles. The predicted octanol–water partition coefficient (Wildman–Crippen LogP) is 2.58. The number of carbonyl (C=O) groups excluding carboxylic acids is 2. The van der Waals surface area contributed by atoms with Crippen LogP contribution in [0.1, 0.15) is 44.6 Å². The molecule has 5 nitrogen and oxygen atoms in total. The molecular formula is C22H33N3O2. The van der Waals surface area contributed by atoms with E-state index in [0.29, 0.717) is 6.54 Å². The van der Waals surface area contributed by atoms with E-state index in [1.54, 1.807) is 0 Å². The Balaban J connectivity index is 1.71. The Labute approximate surface area is 163 Å². The van der Waals surface area contributed by atoms with Crippen LogP contribution >= 0.6 is 0 Å². The van der Waals surface area contributed by atoms with Gasteiger partial charge in [0, 0.05) is 26.2 Å². The number of amides is 2. The van der Waals surface area contributed by atoms with Crippen molar-refractivity contribution in [1.29, 1.82) is 0 Å². The topological polar surface area (TPSA) is 43.9 Å². The maximum Gasteiger partial charge on any atom is 0.236 e. The van der Waals surface area contributed by atoms with Crippen molar-refractivity contribution < 1.29 is 9.59 Å². The molecule has 2 saturated heterocycles. The maximum absolute atomic E-state index is 13.0. The third-order valence-electron chi connectivity index (χ3n) is 6.48. The van der Waals surface area contributed by atoms with E-state index in [1.165, 1.54) is 0 Å². The van der Waals surface area contributed by atoms with Gasteiger partial charge in [0.2, 0.25) is 11.8 Å². The largest absolute Gasteiger partial charge is 0.342 e. The molecule has 27 heavy (non-hydrogen) atoms. The molecule has 3 rings (SSSR count). The molecule has 0 N–H and O–H groups in total. The summed E-state index contributed by atoms with van der Waals surface area (Å²) >= 11 is 0. The highest BCUT2D eigenvalue weighted by Crippen LogP contribution is 2.45. The fraction of sp³-hybridized carbons (Fsp3) is 0.636. The van der Waals surface area contributed by atoms with Crippen LogP contribution < -0.4 is 0 Å². The maximum atomic E-state index is 13.0. The number of hydrogen-bond donors (Lipinski definition) is 0. The van der Waals surface area contributed by atoms with Crippen molar-refractivity contribution in [3.05, 3.63) is 35.9 Å². The van der Waals surface area contributed by atoms with Gasteiger partial charge in [-0.2, -0.15) is 0 Å². The number of likely N-dealkylation sites (N-methyl/N-ethyl adjacent to an activating group) is 2. The summed E-state index contributed by atoms with van der Waals surface area (Å²) < 4.78 is 0. The first-order valence-corrected chi connectivity index (χ1v) is 10.3. The molecule has 1 spiro atoms. The normalized spacial score (nSPS) is 22.5. The lowest BCUT2D eigenvalue weighted by Crippen LogP contribution is -2.55. The van der Waals surface area contributed by atoms with E-state index in [1.807, 2.05) is 35.0 Å². The number of benzene rings is 1. The van der Waals surface area contributed by atoms with Crippen molar-refractivity contribution in [1.82, 2.24) is 14.7 Å². The van der Waals surface area contributed by atoms with Crippen molar-refractivity contribution in [3.8, 4) is 0 Å². The summed E-state index contributed by atoms with van der Waals surface area (Å²) in [4.78, 5) is 31.6. The van der Waals surface area contributed by atoms with Gasteiger partial charge in [-0.25, -0.2) is 0 Å². The lowest BCUT2D eigenvalue weighted by Gasteiger charge is -2.50. The van der Waals surface area contributed by atoms with Gasteiger partial charge in [0.05, 0.1) is 12.5 Å². The minimum atomic E-state index is -0.0478. The van der Waals surface area contributed by atoms with E-state index in [9.17, 15) is 9.59 Å². The molecule has 0 unspecified atom stereocenters. The number of likely N-dealkylation sites (tertiary alicyclic amines) is 2. The van der Waals surface area contributed by atoms with Crippen LogP contribution in [0.15, 0.2) is 30.3 Å². The molecule has 0 saturated carbocycles. The van der Waals surface area contributed by atoms with E-state index in [-0.39, 0.29) is 23.1 Å². The zero-order valence-electron chi connectivity index (χ0n) is 17.0. The van der Waals surface area contributed by atoms with E-state index < -0.39 is 0 Å². The Bertz CT molecular complexity index is 653. The monoisotopic (exact) mass is 371 g/mol. The highest BCUT2D eigenvalue weighted by atomic mass is 16.2. The van der Waals surface area contributed by atoms with Crippen molar-refractivity contribution >= 4 is 11.8 Å². The van der Waals surface area contributed by atoms with Crippen molar-refractivity contribution in [3.63, 3.8) is 0 Å². The first-order valence-electron chi connectivity index (χ1n) is 10.3. The molecule has 2 fully saturated rings. The van der Waals surface area contributed by atoms with Gasteiger partial charge in [0.15, 0.2) is 0 Å². The van der Waals surface area contributed by atoms with Crippen molar-refractivity contribution in [2.24, 2.45) is 5.41 Å². The number of rotatable bonds is 5. The van der Waals surface area contributed by atoms with Crippen LogP contribution in [0.25, 0.3) is 0 Å². The van der Waals surface area contributed by atoms with Crippen LogP contribution in [-0.4, -0.2) is 72.8 Å². The summed E-state index contributed by atoms with van der Waals surface area (Å²) in [6.45, 7) is 8.73. The third-order valence-corrected chi connectivity index (χ3v) is 6.48. The summed E-state index contributed by atoms with van der Waals surface area (Å²) in [7, 11) is 1.99. The summed E-state index contributed by atoms with van der Waals surface area (Å²) in [6.07, 6.45) is 2.88. The van der Waals surface area contributed by atoms with Gasteiger partial charge >= 0.3 is 0 Å². The fourth-order valence-corrected chi connectivity index (χ4v) is 4.54. The Morgan fingerprint density at radius 1 is 1.19 bits per heavy atom. The Hall–Kier alpha value is -1.88. The Morgan fingerprint density at radius 3 is 2.44 bits per heavy atom. The number of hydrogen-bond acceptors (Lipinski definition) is 3. The standard InChI is InChI=1S/C22H33N3O2/c1-4-23(3)16-20(26)25-13-11-22(12-14-25)15-19(18-9-7-6-8-10-18)21(27)24(5-2)17-22/h6-10,19H,4-5,11-17H2,1-3H3/t19-/m1/s1. The average molecular weight is 372 g/mol. The SMILES string of the molecule is CCN(C)CC(=O)N1CCC2(CC1)C[C@H](c1ccccc1)C(=O)N(CC)C2. The van der Waals surface area contributed by atoms with Crippen molar-refractivity contribution in [2.45, 2.75) is 39.0 Å². The lowest BCUT2D eigenvalue weighted by atomic mass is 9.67. The van der Waals surface area contributed by atoms with Gasteiger partial charge in [0.1, 0.15) is 0 Å². The minimum absolute atomic E-state index is 0.0478. The van der Waals surface area contributed by atoms with Crippen LogP contribution in [0.2, 0.25) is 0 Å². The molecule has 1 aromatic rings. The fourth-order valence-electron chi connectivity index (χ4n) is 4.54. The van der Waals surface area contributed by atoms with Gasteiger partial charge in [-0.3, -0.25) is 14.5 Å². The zero-order valence-corrected chi connectivity index (χ0v) is 17.0. The molecule has 2 aliphatic rings. The minimum Gasteiger partial charge on any atom is -0.342 e. The Kier molecular flexibility index (Phi) is 6.20. The van der Waals surface area contributed by atoms with Crippen LogP contribution in [0, 0.1) is 5.41 Å². The van der Waals surface area contributed by atoms with Gasteiger partial charge < -0.3 is 9.80 Å². The molecule has 2 aliphatic heterocycles. The highest BCUT2D eigenvalue weighted by Gasteiger charge is 2.46. The third kappa shape index (κ3) is 4.34. The average Bonchev–Trinajstić information content (AvgIpc) is 2.70. The molecule has 0 aliphatic carbocycles. The summed E-state index contributed by atoms with van der Waals surface area (Å²) in [6, 6.07) is 10.2. The molecule has 1 aromatic carbocycles. The van der Waals surface area contributed by atoms with E-state index in [2.05, 4.69) is 30.9 Å². The molecule has 0 radical (unpaired) electrons. The Morgan fingerprint density at radius 2 is 1.85 bits per heavy atom. The van der Waals surface area contributed by atoms with E-state index >= 15 is 0 Å². The van der Waals surface area contributed by atoms with Crippen LogP contribution in [-0.2, 0) is 9.59 Å². The van der Waals surface area contributed by atoms with Crippen LogP contribution in [0.4, 0.5) is 0 Å². The molecule has 0 aromatic heterocycles.